The second-order valence-corrected chi connectivity index (χ2v) is 4.81. The number of hydrogen-bond acceptors (Lipinski definition) is 3. The average molecular weight is 288 g/mol. The van der Waals surface area contributed by atoms with E-state index < -0.39 is 5.82 Å². The van der Waals surface area contributed by atoms with Crippen molar-refractivity contribution in [1.82, 2.24) is 4.98 Å². The Kier molecular flexibility index (Phi) is 3.16. The summed E-state index contributed by atoms with van der Waals surface area (Å²) >= 11 is 5.74. The minimum atomic E-state index is -0.445. The molecule has 1 heterocycles. The summed E-state index contributed by atoms with van der Waals surface area (Å²) in [5.74, 6) is 0.212. The van der Waals surface area contributed by atoms with Crippen LogP contribution in [0.15, 0.2) is 48.5 Å². The fourth-order valence-corrected chi connectivity index (χ4v) is 2.12. The summed E-state index contributed by atoms with van der Waals surface area (Å²) in [6.07, 6.45) is 0. The summed E-state index contributed by atoms with van der Waals surface area (Å²) < 4.78 is 13.1. The van der Waals surface area contributed by atoms with Gasteiger partial charge in [-0.05, 0) is 48.5 Å². The molecular weight excluding hydrogens is 277 g/mol. The second kappa shape index (κ2) is 4.98. The van der Waals surface area contributed by atoms with E-state index in [2.05, 4.69) is 10.3 Å². The van der Waals surface area contributed by atoms with Gasteiger partial charge in [0.15, 0.2) is 0 Å². The van der Waals surface area contributed by atoms with E-state index in [1.807, 2.05) is 24.3 Å². The first-order valence-electron chi connectivity index (χ1n) is 6.00. The van der Waals surface area contributed by atoms with Gasteiger partial charge in [0.2, 0.25) is 0 Å². The number of nitrogen functional groups attached to an aromatic ring is 1. The zero-order chi connectivity index (χ0) is 14.1. The molecule has 3 nitrogen and oxygen atoms in total. The lowest BCUT2D eigenvalue weighted by Crippen LogP contribution is -1.94. The molecule has 0 bridgehead atoms. The van der Waals surface area contributed by atoms with Crippen molar-refractivity contribution in [2.45, 2.75) is 0 Å². The first kappa shape index (κ1) is 12.7. The third-order valence-corrected chi connectivity index (χ3v) is 3.19. The zero-order valence-electron chi connectivity index (χ0n) is 10.4. The predicted molar refractivity (Wildman–Crippen MR) is 80.8 cm³/mol. The Hall–Kier alpha value is -2.33. The number of fused-ring (bicyclic) bond motifs is 1. The normalized spacial score (nSPS) is 10.7. The SMILES string of the molecule is Nc1ccc2nc(Nc3ccc(F)c(Cl)c3)ccc2c1. The van der Waals surface area contributed by atoms with Crippen LogP contribution in [-0.2, 0) is 0 Å². The van der Waals surface area contributed by atoms with Crippen LogP contribution in [-0.4, -0.2) is 4.98 Å². The number of rotatable bonds is 2. The highest BCUT2D eigenvalue weighted by Gasteiger charge is 2.03. The number of pyridine rings is 1. The monoisotopic (exact) mass is 287 g/mol. The van der Waals surface area contributed by atoms with Crippen molar-refractivity contribution in [3.63, 3.8) is 0 Å². The molecule has 3 rings (SSSR count). The van der Waals surface area contributed by atoms with Gasteiger partial charge in [-0.2, -0.15) is 0 Å². The van der Waals surface area contributed by atoms with E-state index >= 15 is 0 Å². The van der Waals surface area contributed by atoms with Gasteiger partial charge in [-0.3, -0.25) is 0 Å². The molecule has 0 saturated carbocycles. The van der Waals surface area contributed by atoms with Crippen molar-refractivity contribution >= 4 is 39.7 Å². The van der Waals surface area contributed by atoms with Gasteiger partial charge in [-0.25, -0.2) is 9.37 Å². The lowest BCUT2D eigenvalue weighted by molar-refractivity contribution is 0.628. The van der Waals surface area contributed by atoms with Gasteiger partial charge in [-0.15, -0.1) is 0 Å². The molecule has 0 aliphatic rings. The van der Waals surface area contributed by atoms with Crippen LogP contribution in [0.3, 0.4) is 0 Å². The molecule has 0 atom stereocenters. The topological polar surface area (TPSA) is 50.9 Å². The molecule has 0 radical (unpaired) electrons. The fourth-order valence-electron chi connectivity index (χ4n) is 1.94. The highest BCUT2D eigenvalue weighted by atomic mass is 35.5. The Labute approximate surface area is 120 Å². The molecule has 0 amide bonds. The Balaban J connectivity index is 1.94. The number of nitrogens with zero attached hydrogens (tertiary/aromatic N) is 1. The first-order chi connectivity index (χ1) is 9.61. The Morgan fingerprint density at radius 1 is 1.05 bits per heavy atom. The van der Waals surface area contributed by atoms with E-state index in [9.17, 15) is 4.39 Å². The van der Waals surface area contributed by atoms with E-state index in [-0.39, 0.29) is 5.02 Å². The molecule has 0 unspecified atom stereocenters. The number of nitrogens with two attached hydrogens (primary N) is 1. The van der Waals surface area contributed by atoms with Gasteiger partial charge in [0.05, 0.1) is 10.5 Å². The maximum Gasteiger partial charge on any atom is 0.141 e. The Morgan fingerprint density at radius 3 is 2.70 bits per heavy atom. The maximum absolute atomic E-state index is 13.1. The number of benzene rings is 2. The molecule has 0 saturated heterocycles. The minimum Gasteiger partial charge on any atom is -0.399 e. The lowest BCUT2D eigenvalue weighted by Gasteiger charge is -2.07. The van der Waals surface area contributed by atoms with Gasteiger partial charge in [0.1, 0.15) is 11.6 Å². The summed E-state index contributed by atoms with van der Waals surface area (Å²) in [4.78, 5) is 4.46. The Morgan fingerprint density at radius 2 is 1.90 bits per heavy atom. The molecule has 1 aromatic heterocycles. The number of hydrogen-bond donors (Lipinski definition) is 2. The molecule has 100 valence electrons. The van der Waals surface area contributed by atoms with Crippen molar-refractivity contribution in [2.75, 3.05) is 11.1 Å². The summed E-state index contributed by atoms with van der Waals surface area (Å²) in [5.41, 5.74) is 7.93. The molecule has 0 aliphatic carbocycles. The molecule has 3 N–H and O–H groups in total. The third-order valence-electron chi connectivity index (χ3n) is 2.91. The van der Waals surface area contributed by atoms with E-state index in [1.165, 1.54) is 12.1 Å². The highest BCUT2D eigenvalue weighted by molar-refractivity contribution is 6.31. The van der Waals surface area contributed by atoms with Gasteiger partial charge in [0.25, 0.3) is 0 Å². The second-order valence-electron chi connectivity index (χ2n) is 4.40. The number of aromatic nitrogens is 1. The van der Waals surface area contributed by atoms with Crippen LogP contribution in [0.2, 0.25) is 5.02 Å². The number of nitrogens with one attached hydrogen (secondary N) is 1. The van der Waals surface area contributed by atoms with Gasteiger partial charge in [-0.1, -0.05) is 11.6 Å². The highest BCUT2D eigenvalue weighted by Crippen LogP contribution is 2.23. The molecule has 0 spiro atoms. The predicted octanol–water partition coefficient (Wildman–Crippen LogP) is 4.35. The molecule has 2 aromatic carbocycles. The smallest absolute Gasteiger partial charge is 0.141 e. The third kappa shape index (κ3) is 2.51. The van der Waals surface area contributed by atoms with Crippen molar-refractivity contribution in [1.29, 1.82) is 0 Å². The van der Waals surface area contributed by atoms with Crippen LogP contribution >= 0.6 is 11.6 Å². The summed E-state index contributed by atoms with van der Waals surface area (Å²) in [6, 6.07) is 13.7. The number of halogens is 2. The van der Waals surface area contributed by atoms with Crippen LogP contribution in [0.5, 0.6) is 0 Å². The van der Waals surface area contributed by atoms with Gasteiger partial charge < -0.3 is 11.1 Å². The van der Waals surface area contributed by atoms with E-state index in [0.29, 0.717) is 17.2 Å². The van der Waals surface area contributed by atoms with E-state index in [1.54, 1.807) is 12.1 Å². The maximum atomic E-state index is 13.1. The molecule has 5 heteroatoms. The van der Waals surface area contributed by atoms with Crippen molar-refractivity contribution in [3.8, 4) is 0 Å². The summed E-state index contributed by atoms with van der Waals surface area (Å²) in [7, 11) is 0. The molecule has 0 fully saturated rings. The van der Waals surface area contributed by atoms with Crippen LogP contribution in [0.1, 0.15) is 0 Å². The molecular formula is C15H11ClFN3. The van der Waals surface area contributed by atoms with Crippen LogP contribution in [0.25, 0.3) is 10.9 Å². The first-order valence-corrected chi connectivity index (χ1v) is 6.38. The summed E-state index contributed by atoms with van der Waals surface area (Å²) in [5, 5.41) is 4.12. The van der Waals surface area contributed by atoms with Crippen LogP contribution in [0, 0.1) is 5.82 Å². The quantitative estimate of drug-likeness (QED) is 0.689. The largest absolute Gasteiger partial charge is 0.399 e. The fraction of sp³-hybridized carbons (Fsp3) is 0. The van der Waals surface area contributed by atoms with Crippen molar-refractivity contribution in [2.24, 2.45) is 0 Å². The molecule has 0 aliphatic heterocycles. The standard InChI is InChI=1S/C15H11ClFN3/c16-12-8-11(3-4-13(12)17)19-15-6-1-9-7-10(18)2-5-14(9)20-15/h1-8H,18H2,(H,19,20). The van der Waals surface area contributed by atoms with E-state index in [0.717, 1.165) is 10.9 Å². The zero-order valence-corrected chi connectivity index (χ0v) is 11.2. The van der Waals surface area contributed by atoms with Crippen LogP contribution < -0.4 is 11.1 Å². The van der Waals surface area contributed by atoms with Gasteiger partial charge >= 0.3 is 0 Å². The van der Waals surface area contributed by atoms with Gasteiger partial charge in [0, 0.05) is 16.8 Å². The lowest BCUT2D eigenvalue weighted by atomic mass is 10.2. The van der Waals surface area contributed by atoms with Crippen molar-refractivity contribution in [3.05, 3.63) is 59.4 Å². The molecule has 3 aromatic rings. The van der Waals surface area contributed by atoms with Crippen LogP contribution in [0.4, 0.5) is 21.6 Å². The van der Waals surface area contributed by atoms with E-state index in [4.69, 9.17) is 17.3 Å². The number of anilines is 3. The average Bonchev–Trinajstić information content (AvgIpc) is 2.43. The van der Waals surface area contributed by atoms with Crippen molar-refractivity contribution < 1.29 is 4.39 Å². The minimum absolute atomic E-state index is 0.0727. The molecule has 20 heavy (non-hydrogen) atoms. The summed E-state index contributed by atoms with van der Waals surface area (Å²) in [6.45, 7) is 0. The Bertz CT molecular complexity index is 789.